The predicted octanol–water partition coefficient (Wildman–Crippen LogP) is 5.23. The molecule has 1 heterocycles. The first-order valence-electron chi connectivity index (χ1n) is 19.0. The van der Waals surface area contributed by atoms with Crippen LogP contribution in [0.25, 0.3) is 0 Å². The molecule has 0 bridgehead atoms. The molecule has 1 saturated heterocycles. The minimum Gasteiger partial charge on any atom is -0.481 e. The highest BCUT2D eigenvalue weighted by Crippen LogP contribution is 2.73. The molecule has 0 aromatic carbocycles. The van der Waals surface area contributed by atoms with Gasteiger partial charge in [-0.25, -0.2) is 0 Å². The van der Waals surface area contributed by atoms with Crippen LogP contribution in [0, 0.1) is 39.4 Å². The second-order valence-corrected chi connectivity index (χ2v) is 18.8. The Morgan fingerprint density at radius 3 is 2.08 bits per heavy atom. The summed E-state index contributed by atoms with van der Waals surface area (Å²) in [7, 11) is 0. The molecule has 2 saturated carbocycles. The number of carboxylic acids is 1. The lowest BCUT2D eigenvalue weighted by Crippen LogP contribution is -2.63. The van der Waals surface area contributed by atoms with Crippen LogP contribution in [-0.4, -0.2) is 86.2 Å². The number of aliphatic hydroxyl groups is 3. The van der Waals surface area contributed by atoms with E-state index in [-0.39, 0.29) is 17.8 Å². The first-order valence-corrected chi connectivity index (χ1v) is 19.0. The zero-order chi connectivity index (χ0) is 39.0. The lowest BCUT2D eigenvalue weighted by molar-refractivity contribution is -0.261. The molecule has 12 nitrogen and oxygen atoms in total. The number of fused-ring (bicyclic) bond motifs is 4. The maximum absolute atomic E-state index is 13.3. The summed E-state index contributed by atoms with van der Waals surface area (Å²) < 4.78 is 24.1. The summed E-state index contributed by atoms with van der Waals surface area (Å²) in [6, 6.07) is 0. The molecule has 294 valence electrons. The Balaban J connectivity index is 1.51. The molecule has 0 radical (unpaired) electrons. The molecule has 4 aliphatic carbocycles. The van der Waals surface area contributed by atoms with Gasteiger partial charge >= 0.3 is 23.9 Å². The van der Waals surface area contributed by atoms with E-state index in [9.17, 15) is 39.6 Å². The van der Waals surface area contributed by atoms with Crippen LogP contribution in [0.4, 0.5) is 0 Å². The van der Waals surface area contributed by atoms with Crippen molar-refractivity contribution in [1.82, 2.24) is 0 Å². The van der Waals surface area contributed by atoms with E-state index in [4.69, 9.17) is 18.9 Å². The Hall–Kier alpha value is -2.54. The van der Waals surface area contributed by atoms with Crippen molar-refractivity contribution in [2.45, 2.75) is 175 Å². The van der Waals surface area contributed by atoms with Crippen molar-refractivity contribution < 1.29 is 58.6 Å². The number of hydrogen-bond acceptors (Lipinski definition) is 11. The largest absolute Gasteiger partial charge is 0.481 e. The molecule has 1 aliphatic heterocycles. The van der Waals surface area contributed by atoms with Crippen molar-refractivity contribution in [2.24, 2.45) is 39.4 Å². The second-order valence-electron chi connectivity index (χ2n) is 18.8. The Morgan fingerprint density at radius 1 is 0.865 bits per heavy atom. The van der Waals surface area contributed by atoms with Crippen molar-refractivity contribution >= 4 is 23.9 Å². The molecule has 12 unspecified atom stereocenters. The smallest absolute Gasteiger partial charge is 0.309 e. The highest BCUT2D eigenvalue weighted by molar-refractivity contribution is 5.74. The van der Waals surface area contributed by atoms with Gasteiger partial charge in [0.05, 0.1) is 36.3 Å². The topological polar surface area (TPSA) is 186 Å². The van der Waals surface area contributed by atoms with Crippen LogP contribution in [-0.2, 0) is 38.1 Å². The van der Waals surface area contributed by atoms with E-state index in [2.05, 4.69) is 20.8 Å². The summed E-state index contributed by atoms with van der Waals surface area (Å²) in [4.78, 5) is 49.4. The highest BCUT2D eigenvalue weighted by atomic mass is 16.7. The Morgan fingerprint density at radius 2 is 1.50 bits per heavy atom. The number of rotatable bonds is 9. The maximum Gasteiger partial charge on any atom is 0.309 e. The molecule has 5 aliphatic rings. The fraction of sp³-hybridized carbons (Fsp3) is 0.850. The van der Waals surface area contributed by atoms with Crippen molar-refractivity contribution in [3.63, 3.8) is 0 Å². The van der Waals surface area contributed by atoms with Crippen LogP contribution in [0.5, 0.6) is 0 Å². The zero-order valence-electron chi connectivity index (χ0n) is 32.7. The summed E-state index contributed by atoms with van der Waals surface area (Å²) in [5.74, 6) is -3.15. The van der Waals surface area contributed by atoms with E-state index in [1.54, 1.807) is 13.8 Å². The van der Waals surface area contributed by atoms with Gasteiger partial charge in [-0.2, -0.15) is 0 Å². The van der Waals surface area contributed by atoms with Crippen molar-refractivity contribution in [3.8, 4) is 0 Å². The van der Waals surface area contributed by atoms with Crippen LogP contribution in [0.1, 0.15) is 133 Å². The summed E-state index contributed by atoms with van der Waals surface area (Å²) in [5.41, 5.74) is -2.63. The SMILES string of the molecule is CC(=O)OC1OC(C(C)(C)O)CCC1C1CCC2(C)C3=C(CC(O)C12C)C1(C)CC(OC(=O)CC(C)(O)CC(=O)O)C(OC(C)=O)C(C)(C)C1CC3. The van der Waals surface area contributed by atoms with E-state index < -0.39 is 100 Å². The summed E-state index contributed by atoms with van der Waals surface area (Å²) >= 11 is 0. The third kappa shape index (κ3) is 6.94. The van der Waals surface area contributed by atoms with Crippen molar-refractivity contribution in [1.29, 1.82) is 0 Å². The number of carbonyl (C=O) groups excluding carboxylic acids is 3. The minimum absolute atomic E-state index is 0.0180. The lowest BCUT2D eigenvalue weighted by Gasteiger charge is -2.64. The van der Waals surface area contributed by atoms with Gasteiger partial charge in [0.25, 0.3) is 0 Å². The third-order valence-corrected chi connectivity index (χ3v) is 14.4. The number of aliphatic hydroxyl groups excluding tert-OH is 1. The van der Waals surface area contributed by atoms with E-state index in [1.807, 2.05) is 13.8 Å². The van der Waals surface area contributed by atoms with Gasteiger partial charge in [0.1, 0.15) is 12.2 Å². The summed E-state index contributed by atoms with van der Waals surface area (Å²) in [5, 5.41) is 43.1. The van der Waals surface area contributed by atoms with Crippen LogP contribution < -0.4 is 0 Å². The normalized spacial score (nSPS) is 41.1. The van der Waals surface area contributed by atoms with Crippen LogP contribution >= 0.6 is 0 Å². The molecule has 12 heteroatoms. The lowest BCUT2D eigenvalue weighted by atomic mass is 9.42. The van der Waals surface area contributed by atoms with Gasteiger partial charge in [-0.15, -0.1) is 0 Å². The number of carboxylic acid groups (broad SMARTS) is 1. The van der Waals surface area contributed by atoms with Crippen molar-refractivity contribution in [2.75, 3.05) is 0 Å². The average Bonchev–Trinajstić information content (AvgIpc) is 3.26. The predicted molar refractivity (Wildman–Crippen MR) is 188 cm³/mol. The molecule has 0 spiro atoms. The molecule has 5 rings (SSSR count). The zero-order valence-corrected chi connectivity index (χ0v) is 32.7. The Labute approximate surface area is 308 Å². The number of allylic oxidation sites excluding steroid dienone is 1. The Kier molecular flexibility index (Phi) is 10.7. The first-order chi connectivity index (χ1) is 23.8. The highest BCUT2D eigenvalue weighted by Gasteiger charge is 2.69. The van der Waals surface area contributed by atoms with E-state index in [1.165, 1.54) is 26.3 Å². The molecule has 0 aromatic rings. The standard InChI is InChI=1S/C40H62O12/c1-21(41)49-33-27(51-32(46)20-37(7,48)19-31(44)45)18-38(8)26-17-29(43)40(10)24(15-16-39(40,9)25(26)12-13-28(38)35(33,3)4)23-11-14-30(36(5,6)47)52-34(23)50-22(2)42/h23-24,27-30,33-34,43,47-48H,11-20H2,1-10H3,(H,44,45). The average molecular weight is 735 g/mol. The van der Waals surface area contributed by atoms with Gasteiger partial charge in [-0.1, -0.05) is 45.8 Å². The van der Waals surface area contributed by atoms with Gasteiger partial charge in [-0.05, 0) is 94.8 Å². The number of esters is 3. The number of aliphatic carboxylic acids is 1. The van der Waals surface area contributed by atoms with Gasteiger partial charge < -0.3 is 39.4 Å². The van der Waals surface area contributed by atoms with E-state index in [0.717, 1.165) is 31.3 Å². The monoisotopic (exact) mass is 734 g/mol. The maximum atomic E-state index is 13.3. The van der Waals surface area contributed by atoms with Crippen LogP contribution in [0.3, 0.4) is 0 Å². The van der Waals surface area contributed by atoms with Gasteiger partial charge in [-0.3, -0.25) is 19.2 Å². The van der Waals surface area contributed by atoms with Crippen LogP contribution in [0.2, 0.25) is 0 Å². The minimum atomic E-state index is -1.82. The van der Waals surface area contributed by atoms with Gasteiger partial charge in [0.15, 0.2) is 0 Å². The molecule has 3 fully saturated rings. The second kappa shape index (κ2) is 13.6. The molecule has 12 atom stereocenters. The summed E-state index contributed by atoms with van der Waals surface area (Å²) in [6.07, 6.45) is 0.342. The molecular formula is C40H62O12. The number of ether oxygens (including phenoxy) is 4. The third-order valence-electron chi connectivity index (χ3n) is 14.4. The molecule has 52 heavy (non-hydrogen) atoms. The number of carbonyl (C=O) groups is 4. The van der Waals surface area contributed by atoms with E-state index >= 15 is 0 Å². The quantitative estimate of drug-likeness (QED) is 0.138. The molecule has 0 amide bonds. The van der Waals surface area contributed by atoms with Gasteiger partial charge in [0, 0.05) is 30.6 Å². The van der Waals surface area contributed by atoms with Crippen LogP contribution in [0.15, 0.2) is 11.1 Å². The molecule has 4 N–H and O–H groups in total. The fourth-order valence-corrected chi connectivity index (χ4v) is 11.9. The van der Waals surface area contributed by atoms with Gasteiger partial charge in [0.2, 0.25) is 6.29 Å². The molecule has 0 aromatic heterocycles. The Bertz CT molecular complexity index is 1470. The fourth-order valence-electron chi connectivity index (χ4n) is 11.9. The van der Waals surface area contributed by atoms with Crippen molar-refractivity contribution in [3.05, 3.63) is 11.1 Å². The summed E-state index contributed by atoms with van der Waals surface area (Å²) in [6.45, 7) is 18.0. The van der Waals surface area contributed by atoms with E-state index in [0.29, 0.717) is 25.7 Å². The first kappa shape index (κ1) is 40.6. The number of hydrogen-bond donors (Lipinski definition) is 4. The molecular weight excluding hydrogens is 672 g/mol.